The molecule has 0 aromatic heterocycles. The summed E-state index contributed by atoms with van der Waals surface area (Å²) in [5.41, 5.74) is 2.53. The summed E-state index contributed by atoms with van der Waals surface area (Å²) >= 11 is 0. The number of imide groups is 1. The second-order valence-corrected chi connectivity index (χ2v) is 7.38. The lowest BCUT2D eigenvalue weighted by molar-refractivity contribution is -0.139. The Kier molecular flexibility index (Phi) is 3.49. The molecule has 5 rings (SSSR count). The standard InChI is InChI=1S/C21H17F2N3O2/c1-11-10-25-18(14-6-4-3-5-13(11)14)17-19(21(28)24(2)20(17)27)26(25)16-9-12(22)7-8-15(16)23/h3-9,17-19H,1,10H2,2H3/t17-,18-,19+/m0/s1. The van der Waals surface area contributed by atoms with E-state index < -0.39 is 35.5 Å². The van der Waals surface area contributed by atoms with Crippen LogP contribution >= 0.6 is 0 Å². The van der Waals surface area contributed by atoms with Crippen LogP contribution in [0.2, 0.25) is 0 Å². The molecule has 0 spiro atoms. The number of carbonyl (C=O) groups is 2. The number of hydrogen-bond donors (Lipinski definition) is 0. The number of likely N-dealkylation sites (N-methyl/N-ethyl adjacent to an activating group) is 1. The first-order chi connectivity index (χ1) is 13.4. The number of likely N-dealkylation sites (tertiary alicyclic amines) is 1. The van der Waals surface area contributed by atoms with Crippen molar-refractivity contribution in [1.82, 2.24) is 9.91 Å². The first-order valence-electron chi connectivity index (χ1n) is 8.99. The van der Waals surface area contributed by atoms with Gasteiger partial charge in [0.05, 0.1) is 17.6 Å². The Bertz CT molecular complexity index is 1050. The summed E-state index contributed by atoms with van der Waals surface area (Å²) in [6.07, 6.45) is 0. The first kappa shape index (κ1) is 17.1. The van der Waals surface area contributed by atoms with Crippen molar-refractivity contribution in [2.75, 3.05) is 18.6 Å². The molecule has 28 heavy (non-hydrogen) atoms. The second kappa shape index (κ2) is 5.72. The Morgan fingerprint density at radius 3 is 2.57 bits per heavy atom. The van der Waals surface area contributed by atoms with Crippen LogP contribution in [-0.2, 0) is 9.59 Å². The summed E-state index contributed by atoms with van der Waals surface area (Å²) < 4.78 is 28.6. The van der Waals surface area contributed by atoms with Crippen LogP contribution < -0.4 is 5.01 Å². The molecular weight excluding hydrogens is 364 g/mol. The maximum absolute atomic E-state index is 14.7. The molecule has 2 aromatic carbocycles. The number of carbonyl (C=O) groups excluding carboxylic acids is 2. The summed E-state index contributed by atoms with van der Waals surface area (Å²) in [4.78, 5) is 26.9. The summed E-state index contributed by atoms with van der Waals surface area (Å²) in [5, 5.41) is 3.24. The van der Waals surface area contributed by atoms with Crippen LogP contribution in [0.3, 0.4) is 0 Å². The Morgan fingerprint density at radius 1 is 1.04 bits per heavy atom. The number of amides is 2. The number of nitrogens with zero attached hydrogens (tertiary/aromatic N) is 3. The van der Waals surface area contributed by atoms with Crippen LogP contribution in [-0.4, -0.2) is 41.4 Å². The number of halogens is 2. The minimum absolute atomic E-state index is 0.0545. The van der Waals surface area contributed by atoms with Gasteiger partial charge in [0.2, 0.25) is 5.91 Å². The van der Waals surface area contributed by atoms with Gasteiger partial charge in [-0.1, -0.05) is 30.8 Å². The minimum atomic E-state index is -0.919. The molecule has 7 heteroatoms. The molecule has 2 aromatic rings. The van der Waals surface area contributed by atoms with Crippen LogP contribution in [0.15, 0.2) is 49.0 Å². The highest BCUT2D eigenvalue weighted by Gasteiger charge is 2.62. The largest absolute Gasteiger partial charge is 0.288 e. The fraction of sp³-hybridized carbons (Fsp3) is 0.238. The SMILES string of the molecule is C=C1CN2[C@@H](c3ccccc31)[C@@H]1C(=O)N(C)C(=O)[C@@H]1N2c1cc(F)ccc1F. The van der Waals surface area contributed by atoms with Gasteiger partial charge in [-0.3, -0.25) is 19.5 Å². The Morgan fingerprint density at radius 2 is 1.79 bits per heavy atom. The first-order valence-corrected chi connectivity index (χ1v) is 8.99. The minimum Gasteiger partial charge on any atom is -0.288 e. The Labute approximate surface area is 160 Å². The molecule has 142 valence electrons. The maximum atomic E-state index is 14.7. The number of hydrogen-bond acceptors (Lipinski definition) is 4. The third kappa shape index (κ3) is 2.08. The van der Waals surface area contributed by atoms with Gasteiger partial charge in [-0.25, -0.2) is 13.8 Å². The highest BCUT2D eigenvalue weighted by Crippen LogP contribution is 2.52. The van der Waals surface area contributed by atoms with E-state index >= 15 is 0 Å². The molecule has 3 atom stereocenters. The van der Waals surface area contributed by atoms with Crippen molar-refractivity contribution in [1.29, 1.82) is 0 Å². The molecule has 0 saturated carbocycles. The topological polar surface area (TPSA) is 43.9 Å². The zero-order valence-electron chi connectivity index (χ0n) is 15.1. The second-order valence-electron chi connectivity index (χ2n) is 7.38. The van der Waals surface area contributed by atoms with E-state index in [9.17, 15) is 18.4 Å². The van der Waals surface area contributed by atoms with Gasteiger partial charge >= 0.3 is 0 Å². The van der Waals surface area contributed by atoms with E-state index in [0.717, 1.165) is 39.8 Å². The van der Waals surface area contributed by atoms with Gasteiger partial charge in [0.25, 0.3) is 5.91 Å². The normalized spacial score (nSPS) is 26.5. The molecule has 3 aliphatic heterocycles. The smallest absolute Gasteiger partial charge is 0.254 e. The molecular formula is C21H17F2N3O2. The average Bonchev–Trinajstić information content (AvgIpc) is 3.12. The molecule has 5 nitrogen and oxygen atoms in total. The van der Waals surface area contributed by atoms with Crippen molar-refractivity contribution in [2.24, 2.45) is 5.92 Å². The number of benzene rings is 2. The van der Waals surface area contributed by atoms with E-state index in [2.05, 4.69) is 6.58 Å². The van der Waals surface area contributed by atoms with E-state index in [4.69, 9.17) is 0 Å². The van der Waals surface area contributed by atoms with E-state index in [1.807, 2.05) is 24.3 Å². The molecule has 2 fully saturated rings. The Balaban J connectivity index is 1.75. The third-order valence-electron chi connectivity index (χ3n) is 5.91. The molecule has 0 unspecified atom stereocenters. The average molecular weight is 381 g/mol. The third-order valence-corrected chi connectivity index (χ3v) is 5.91. The summed E-state index contributed by atoms with van der Waals surface area (Å²) in [7, 11) is 1.43. The van der Waals surface area contributed by atoms with Crippen molar-refractivity contribution in [2.45, 2.75) is 12.1 Å². The lowest BCUT2D eigenvalue weighted by Crippen LogP contribution is -2.49. The summed E-state index contributed by atoms with van der Waals surface area (Å²) in [5.74, 6) is -2.70. The fourth-order valence-electron chi connectivity index (χ4n) is 4.70. The van der Waals surface area contributed by atoms with Crippen LogP contribution in [0.1, 0.15) is 17.2 Å². The zero-order valence-corrected chi connectivity index (χ0v) is 15.1. The predicted molar refractivity (Wildman–Crippen MR) is 98.8 cm³/mol. The van der Waals surface area contributed by atoms with Gasteiger partial charge in [-0.15, -0.1) is 0 Å². The summed E-state index contributed by atoms with van der Waals surface area (Å²) in [6.45, 7) is 4.43. The molecule has 0 bridgehead atoms. The highest BCUT2D eigenvalue weighted by atomic mass is 19.1. The molecule has 0 radical (unpaired) electrons. The van der Waals surface area contributed by atoms with E-state index in [1.165, 1.54) is 12.1 Å². The van der Waals surface area contributed by atoms with E-state index in [0.29, 0.717) is 6.54 Å². The van der Waals surface area contributed by atoms with Crippen molar-refractivity contribution in [3.05, 3.63) is 71.8 Å². The molecule has 3 aliphatic rings. The monoisotopic (exact) mass is 381 g/mol. The van der Waals surface area contributed by atoms with Crippen molar-refractivity contribution in [3.63, 3.8) is 0 Å². The predicted octanol–water partition coefficient (Wildman–Crippen LogP) is 2.75. The van der Waals surface area contributed by atoms with Crippen molar-refractivity contribution in [3.8, 4) is 0 Å². The number of anilines is 1. The number of fused-ring (bicyclic) bond motifs is 5. The number of hydrazine groups is 1. The molecule has 0 N–H and O–H groups in total. The molecule has 0 aliphatic carbocycles. The van der Waals surface area contributed by atoms with Crippen LogP contribution in [0, 0.1) is 17.6 Å². The molecule has 2 amide bonds. The lowest BCUT2D eigenvalue weighted by Gasteiger charge is -2.40. The molecule has 2 saturated heterocycles. The van der Waals surface area contributed by atoms with Gasteiger partial charge in [0, 0.05) is 19.7 Å². The van der Waals surface area contributed by atoms with E-state index in [1.54, 1.807) is 5.01 Å². The van der Waals surface area contributed by atoms with Gasteiger partial charge < -0.3 is 0 Å². The lowest BCUT2D eigenvalue weighted by atomic mass is 9.83. The van der Waals surface area contributed by atoms with Gasteiger partial charge in [-0.05, 0) is 28.8 Å². The highest BCUT2D eigenvalue weighted by molar-refractivity contribution is 6.09. The number of rotatable bonds is 1. The van der Waals surface area contributed by atoms with Gasteiger partial charge in [-0.2, -0.15) is 0 Å². The van der Waals surface area contributed by atoms with Crippen LogP contribution in [0.25, 0.3) is 5.57 Å². The van der Waals surface area contributed by atoms with Crippen LogP contribution in [0.5, 0.6) is 0 Å². The maximum Gasteiger partial charge on any atom is 0.254 e. The van der Waals surface area contributed by atoms with Crippen molar-refractivity contribution >= 4 is 23.1 Å². The zero-order chi connectivity index (χ0) is 19.7. The molecule has 3 heterocycles. The summed E-state index contributed by atoms with van der Waals surface area (Å²) in [6, 6.07) is 9.34. The Hall–Kier alpha value is -3.06. The quantitative estimate of drug-likeness (QED) is 0.713. The fourth-order valence-corrected chi connectivity index (χ4v) is 4.70. The van der Waals surface area contributed by atoms with Gasteiger partial charge in [0.1, 0.15) is 17.7 Å². The van der Waals surface area contributed by atoms with E-state index in [-0.39, 0.29) is 11.6 Å². The van der Waals surface area contributed by atoms with Crippen LogP contribution in [0.4, 0.5) is 14.5 Å². The van der Waals surface area contributed by atoms with Gasteiger partial charge in [0.15, 0.2) is 0 Å². The van der Waals surface area contributed by atoms with Crippen molar-refractivity contribution < 1.29 is 18.4 Å².